The Hall–Kier alpha value is -4.78. The summed E-state index contributed by atoms with van der Waals surface area (Å²) in [6, 6.07) is 14.7. The number of nitrogens with zero attached hydrogens (tertiary/aromatic N) is 1. The van der Waals surface area contributed by atoms with Crippen LogP contribution in [0.2, 0.25) is 0 Å². The predicted molar refractivity (Wildman–Crippen MR) is 168 cm³/mol. The Morgan fingerprint density at radius 1 is 1.02 bits per heavy atom. The van der Waals surface area contributed by atoms with E-state index in [-0.39, 0.29) is 48.6 Å². The third kappa shape index (κ3) is 10.1. The number of ether oxygens (including phenoxy) is 1. The second-order valence-corrected chi connectivity index (χ2v) is 10.7. The van der Waals surface area contributed by atoms with Crippen LogP contribution in [-0.4, -0.2) is 53.7 Å². The molecule has 0 aliphatic rings. The minimum absolute atomic E-state index is 0.00326. The first-order valence-electron chi connectivity index (χ1n) is 15.5. The fraction of sp³-hybridized carbons (Fsp3) is 0.412. The van der Waals surface area contributed by atoms with E-state index in [1.807, 2.05) is 44.2 Å². The van der Waals surface area contributed by atoms with Crippen LogP contribution in [0.25, 0.3) is 11.3 Å². The quantitative estimate of drug-likeness (QED) is 0.0590. The Labute approximate surface area is 272 Å². The summed E-state index contributed by atoms with van der Waals surface area (Å²) in [7, 11) is 0. The van der Waals surface area contributed by atoms with E-state index in [1.165, 1.54) is 23.3 Å². The smallest absolute Gasteiger partial charge is 0.379 e. The number of furan rings is 1. The zero-order valence-electron chi connectivity index (χ0n) is 26.7. The van der Waals surface area contributed by atoms with Gasteiger partial charge in [-0.25, -0.2) is 9.86 Å². The fourth-order valence-corrected chi connectivity index (χ4v) is 5.02. The largest absolute Gasteiger partial charge is 0.494 e. The molecule has 13 heteroatoms. The van der Waals surface area contributed by atoms with Gasteiger partial charge in [-0.1, -0.05) is 63.4 Å². The molecule has 11 nitrogen and oxygen atoms in total. The lowest BCUT2D eigenvalue weighted by Gasteiger charge is -2.32. The van der Waals surface area contributed by atoms with Crippen molar-refractivity contribution in [3.63, 3.8) is 0 Å². The Bertz CT molecular complexity index is 1480. The van der Waals surface area contributed by atoms with Crippen LogP contribution >= 0.6 is 0 Å². The summed E-state index contributed by atoms with van der Waals surface area (Å²) in [6.07, 6.45) is 4.10. The monoisotopic (exact) mass is 657 g/mol. The topological polar surface area (TPSA) is 147 Å². The SMILES string of the molecule is CCCCC[C@@H](C(=O)NCNC(=O)c1ccc(-c2cc(OCC)cc(C(F)(F)C(=O)O)c2)o1)[C@@H](CC)N(C=O)OCc1ccccc1. The molecule has 0 fully saturated rings. The van der Waals surface area contributed by atoms with Crippen molar-refractivity contribution >= 4 is 24.2 Å². The molecule has 47 heavy (non-hydrogen) atoms. The summed E-state index contributed by atoms with van der Waals surface area (Å²) in [4.78, 5) is 55.2. The lowest BCUT2D eigenvalue weighted by molar-refractivity contribution is -0.200. The van der Waals surface area contributed by atoms with Gasteiger partial charge < -0.3 is 24.9 Å². The molecule has 0 aliphatic carbocycles. The van der Waals surface area contributed by atoms with Gasteiger partial charge in [0.2, 0.25) is 12.3 Å². The molecular weight excluding hydrogens is 616 g/mol. The van der Waals surface area contributed by atoms with Crippen molar-refractivity contribution in [1.82, 2.24) is 15.7 Å². The molecule has 0 saturated carbocycles. The maximum atomic E-state index is 14.3. The number of alkyl halides is 2. The maximum Gasteiger partial charge on any atom is 0.379 e. The predicted octanol–water partition coefficient (Wildman–Crippen LogP) is 5.89. The van der Waals surface area contributed by atoms with Crippen LogP contribution in [-0.2, 0) is 31.8 Å². The van der Waals surface area contributed by atoms with E-state index in [2.05, 4.69) is 10.6 Å². The van der Waals surface area contributed by atoms with Gasteiger partial charge in [-0.3, -0.25) is 19.2 Å². The number of hydroxylamine groups is 2. The maximum absolute atomic E-state index is 14.3. The molecule has 2 atom stereocenters. The van der Waals surface area contributed by atoms with Gasteiger partial charge in [-0.05, 0) is 55.7 Å². The van der Waals surface area contributed by atoms with E-state index < -0.39 is 35.3 Å². The number of hydrogen-bond acceptors (Lipinski definition) is 7. The van der Waals surface area contributed by atoms with Crippen LogP contribution < -0.4 is 15.4 Å². The van der Waals surface area contributed by atoms with Gasteiger partial charge >= 0.3 is 11.9 Å². The second kappa shape index (κ2) is 17.8. The van der Waals surface area contributed by atoms with Crippen molar-refractivity contribution in [3.8, 4) is 17.1 Å². The summed E-state index contributed by atoms with van der Waals surface area (Å²) in [5, 5.41) is 15.4. The number of carbonyl (C=O) groups is 4. The molecular formula is C34H41F2N3O8. The molecule has 3 rings (SSSR count). The lowest BCUT2D eigenvalue weighted by atomic mass is 9.90. The van der Waals surface area contributed by atoms with E-state index in [4.69, 9.17) is 19.1 Å². The first-order chi connectivity index (χ1) is 22.5. The Morgan fingerprint density at radius 2 is 1.77 bits per heavy atom. The number of rotatable bonds is 20. The number of nitrogens with one attached hydrogen (secondary N) is 2. The van der Waals surface area contributed by atoms with Crippen molar-refractivity contribution < 1.29 is 47.1 Å². The molecule has 0 aliphatic heterocycles. The van der Waals surface area contributed by atoms with Crippen molar-refractivity contribution in [2.75, 3.05) is 13.3 Å². The lowest BCUT2D eigenvalue weighted by Crippen LogP contribution is -2.48. The molecule has 0 bridgehead atoms. The number of halogens is 2. The number of carbonyl (C=O) groups excluding carboxylic acids is 3. The molecule has 1 aromatic heterocycles. The zero-order chi connectivity index (χ0) is 34.4. The molecule has 1 heterocycles. The average Bonchev–Trinajstić information content (AvgIpc) is 3.57. The third-order valence-electron chi connectivity index (χ3n) is 7.47. The van der Waals surface area contributed by atoms with Crippen LogP contribution in [0, 0.1) is 5.92 Å². The molecule has 254 valence electrons. The Balaban J connectivity index is 1.69. The molecule has 0 radical (unpaired) electrons. The molecule has 0 saturated heterocycles. The van der Waals surface area contributed by atoms with Crippen molar-refractivity contribution in [3.05, 3.63) is 77.6 Å². The number of carboxylic acids is 1. The average molecular weight is 658 g/mol. The number of benzene rings is 2. The summed E-state index contributed by atoms with van der Waals surface area (Å²) in [6.45, 7) is 5.59. The number of unbranched alkanes of at least 4 members (excludes halogenated alkanes) is 2. The van der Waals surface area contributed by atoms with Crippen molar-refractivity contribution in [2.24, 2.45) is 5.92 Å². The van der Waals surface area contributed by atoms with Crippen molar-refractivity contribution in [2.45, 2.75) is 71.4 Å². The van der Waals surface area contributed by atoms with Crippen molar-refractivity contribution in [1.29, 1.82) is 0 Å². The molecule has 3 aromatic rings. The van der Waals surface area contributed by atoms with Gasteiger partial charge in [0.15, 0.2) is 5.76 Å². The molecule has 3 amide bonds. The second-order valence-electron chi connectivity index (χ2n) is 10.7. The minimum atomic E-state index is -4.19. The highest BCUT2D eigenvalue weighted by molar-refractivity contribution is 5.92. The number of carboxylic acid groups (broad SMARTS) is 1. The zero-order valence-corrected chi connectivity index (χ0v) is 26.7. The molecule has 0 spiro atoms. The van der Waals surface area contributed by atoms with E-state index >= 15 is 0 Å². The van der Waals surface area contributed by atoms with Gasteiger partial charge in [0.1, 0.15) is 18.1 Å². The van der Waals surface area contributed by atoms with E-state index in [9.17, 15) is 28.0 Å². The van der Waals surface area contributed by atoms with Gasteiger partial charge in [0, 0.05) is 11.1 Å². The van der Waals surface area contributed by atoms with Gasteiger partial charge in [0.05, 0.1) is 25.2 Å². The summed E-state index contributed by atoms with van der Waals surface area (Å²) >= 11 is 0. The minimum Gasteiger partial charge on any atom is -0.494 e. The first-order valence-corrected chi connectivity index (χ1v) is 15.5. The van der Waals surface area contributed by atoms with Gasteiger partial charge in [0.25, 0.3) is 5.91 Å². The van der Waals surface area contributed by atoms with Gasteiger partial charge in [-0.15, -0.1) is 0 Å². The number of hydrogen-bond donors (Lipinski definition) is 3. The summed E-state index contributed by atoms with van der Waals surface area (Å²) < 4.78 is 39.5. The highest BCUT2D eigenvalue weighted by atomic mass is 19.3. The number of aliphatic carboxylic acids is 1. The van der Waals surface area contributed by atoms with Crippen LogP contribution in [0.1, 0.15) is 74.6 Å². The Morgan fingerprint density at radius 3 is 2.40 bits per heavy atom. The Kier molecular flexibility index (Phi) is 13.9. The highest BCUT2D eigenvalue weighted by Crippen LogP contribution is 2.35. The standard InChI is InChI=1S/C34H41F2N3O8/c1-4-7-9-14-27(28(5-2)39(22-40)46-20-23-12-10-8-11-13-23)31(41)37-21-38-32(42)30-16-15-29(47-30)24-17-25(34(35,36)33(43)44)19-26(18-24)45-6-3/h8,10-13,15-19,22,27-28H,4-7,9,14,20-21H2,1-3H3,(H,37,41)(H,38,42)(H,43,44)/t27-,28-/m1/s1. The normalized spacial score (nSPS) is 12.5. The highest BCUT2D eigenvalue weighted by Gasteiger charge is 2.42. The first kappa shape index (κ1) is 36.7. The fourth-order valence-electron chi connectivity index (χ4n) is 5.02. The van der Waals surface area contributed by atoms with E-state index in [1.54, 1.807) is 6.92 Å². The third-order valence-corrected chi connectivity index (χ3v) is 7.47. The van der Waals surface area contributed by atoms with Crippen LogP contribution in [0.5, 0.6) is 5.75 Å². The van der Waals surface area contributed by atoms with Gasteiger partial charge in [-0.2, -0.15) is 8.78 Å². The van der Waals surface area contributed by atoms with Crippen LogP contribution in [0.15, 0.2) is 65.1 Å². The summed E-state index contributed by atoms with van der Waals surface area (Å²) in [5.74, 6) is -8.33. The van der Waals surface area contributed by atoms with E-state index in [0.717, 1.165) is 37.0 Å². The summed E-state index contributed by atoms with van der Waals surface area (Å²) in [5.41, 5.74) is 0.133. The molecule has 3 N–H and O–H groups in total. The molecule has 0 unspecified atom stereocenters. The van der Waals surface area contributed by atoms with Crippen LogP contribution in [0.3, 0.4) is 0 Å². The number of amides is 3. The van der Waals surface area contributed by atoms with Crippen LogP contribution in [0.4, 0.5) is 8.78 Å². The van der Waals surface area contributed by atoms with E-state index in [0.29, 0.717) is 19.3 Å². The molecule has 2 aromatic carbocycles.